The molecule has 136 valence electrons. The fraction of sp³-hybridized carbons (Fsp3) is 0.412. The number of ether oxygens (including phenoxy) is 1. The van der Waals surface area contributed by atoms with Crippen molar-refractivity contribution in [3.63, 3.8) is 0 Å². The van der Waals surface area contributed by atoms with Crippen LogP contribution >= 0.6 is 11.8 Å². The number of nitrogens with one attached hydrogen (secondary N) is 1. The first-order valence-electron chi connectivity index (χ1n) is 8.50. The van der Waals surface area contributed by atoms with Gasteiger partial charge >= 0.3 is 5.69 Å². The van der Waals surface area contributed by atoms with Gasteiger partial charge in [0.15, 0.2) is 5.16 Å². The molecule has 0 saturated carbocycles. The number of amides is 2. The largest absolute Gasteiger partial charge is 0.376 e. The van der Waals surface area contributed by atoms with E-state index in [-0.39, 0.29) is 30.2 Å². The van der Waals surface area contributed by atoms with Crippen molar-refractivity contribution in [3.05, 3.63) is 45.9 Å². The molecule has 1 saturated heterocycles. The van der Waals surface area contributed by atoms with Crippen LogP contribution in [0.4, 0.5) is 0 Å². The summed E-state index contributed by atoms with van der Waals surface area (Å²) in [4.78, 5) is 37.9. The van der Waals surface area contributed by atoms with Crippen molar-refractivity contribution >= 4 is 23.6 Å². The predicted molar refractivity (Wildman–Crippen MR) is 94.4 cm³/mol. The van der Waals surface area contributed by atoms with Gasteiger partial charge in [-0.1, -0.05) is 23.9 Å². The smallest absolute Gasteiger partial charge is 0.344 e. The lowest BCUT2D eigenvalue weighted by Gasteiger charge is -2.14. The highest BCUT2D eigenvalue weighted by Crippen LogP contribution is 2.24. The number of benzene rings is 1. The molecule has 8 nitrogen and oxygen atoms in total. The Hall–Kier alpha value is -2.39. The Bertz CT molecular complexity index is 865. The Morgan fingerprint density at radius 1 is 1.19 bits per heavy atom. The van der Waals surface area contributed by atoms with E-state index in [4.69, 9.17) is 4.74 Å². The summed E-state index contributed by atoms with van der Waals surface area (Å²) < 4.78 is 7.14. The van der Waals surface area contributed by atoms with E-state index < -0.39 is 0 Å². The van der Waals surface area contributed by atoms with Crippen LogP contribution in [0.3, 0.4) is 0 Å². The molecule has 0 aliphatic carbocycles. The van der Waals surface area contributed by atoms with Gasteiger partial charge in [0.2, 0.25) is 0 Å². The zero-order valence-corrected chi connectivity index (χ0v) is 14.8. The molecule has 2 aromatic rings. The number of nitrogens with zero attached hydrogens (tertiary/aromatic N) is 3. The lowest BCUT2D eigenvalue weighted by molar-refractivity contribution is 0.0664. The zero-order chi connectivity index (χ0) is 18.1. The molecule has 1 aromatic carbocycles. The third kappa shape index (κ3) is 3.08. The molecule has 0 bridgehead atoms. The highest BCUT2D eigenvalue weighted by atomic mass is 32.2. The minimum absolute atomic E-state index is 0.0286. The van der Waals surface area contributed by atoms with Crippen molar-refractivity contribution in [3.8, 4) is 0 Å². The number of thioether (sulfide) groups is 1. The van der Waals surface area contributed by atoms with Crippen molar-refractivity contribution in [2.75, 3.05) is 18.9 Å². The summed E-state index contributed by atoms with van der Waals surface area (Å²) in [6, 6.07) is 6.82. The highest BCUT2D eigenvalue weighted by Gasteiger charge is 2.34. The molecule has 1 aromatic heterocycles. The van der Waals surface area contributed by atoms with Gasteiger partial charge in [0.1, 0.15) is 0 Å². The molecule has 0 radical (unpaired) electrons. The van der Waals surface area contributed by atoms with Gasteiger partial charge in [-0.15, -0.1) is 5.10 Å². The van der Waals surface area contributed by atoms with Crippen LogP contribution < -0.4 is 5.69 Å². The van der Waals surface area contributed by atoms with Crippen LogP contribution in [0.15, 0.2) is 34.2 Å². The van der Waals surface area contributed by atoms with Crippen molar-refractivity contribution in [1.82, 2.24) is 19.7 Å². The number of carbonyl (C=O) groups excluding carboxylic acids is 2. The Morgan fingerprint density at radius 2 is 1.92 bits per heavy atom. The molecule has 9 heteroatoms. The number of imide groups is 1. The predicted octanol–water partition coefficient (Wildman–Crippen LogP) is 1.14. The van der Waals surface area contributed by atoms with Gasteiger partial charge in [0.25, 0.3) is 11.8 Å². The number of carbonyl (C=O) groups is 2. The maximum Gasteiger partial charge on any atom is 0.344 e. The van der Waals surface area contributed by atoms with Crippen LogP contribution in [0.25, 0.3) is 0 Å². The van der Waals surface area contributed by atoms with Crippen LogP contribution in [-0.4, -0.2) is 56.5 Å². The summed E-state index contributed by atoms with van der Waals surface area (Å²) in [6.07, 6.45) is 1.96. The second-order valence-corrected chi connectivity index (χ2v) is 7.28. The average Bonchev–Trinajstić information content (AvgIpc) is 3.34. The molecule has 1 atom stereocenters. The number of H-pyrrole nitrogens is 1. The van der Waals surface area contributed by atoms with Crippen LogP contribution in [0.5, 0.6) is 0 Å². The van der Waals surface area contributed by atoms with E-state index in [9.17, 15) is 14.4 Å². The first kappa shape index (κ1) is 17.0. The van der Waals surface area contributed by atoms with Gasteiger partial charge in [0, 0.05) is 18.9 Å². The molecule has 1 N–H and O–H groups in total. The molecule has 2 amide bonds. The van der Waals surface area contributed by atoms with Gasteiger partial charge in [0.05, 0.1) is 23.8 Å². The summed E-state index contributed by atoms with van der Waals surface area (Å²) in [5.41, 5.74) is 0.610. The molecular formula is C17H18N4O4S. The fourth-order valence-corrected chi connectivity index (χ4v) is 4.12. The minimum atomic E-state index is -0.274. The van der Waals surface area contributed by atoms with E-state index in [0.717, 1.165) is 19.4 Å². The summed E-state index contributed by atoms with van der Waals surface area (Å²) >= 11 is 1.34. The molecule has 3 heterocycles. The first-order chi connectivity index (χ1) is 12.6. The first-order valence-corrected chi connectivity index (χ1v) is 9.48. The third-order valence-electron chi connectivity index (χ3n) is 4.56. The van der Waals surface area contributed by atoms with Crippen LogP contribution in [0, 0.1) is 0 Å². The van der Waals surface area contributed by atoms with Crippen LogP contribution in [-0.2, 0) is 11.3 Å². The molecule has 0 spiro atoms. The van der Waals surface area contributed by atoms with Gasteiger partial charge in [-0.3, -0.25) is 19.1 Å². The van der Waals surface area contributed by atoms with Crippen molar-refractivity contribution in [1.29, 1.82) is 0 Å². The second-order valence-electron chi connectivity index (χ2n) is 6.21. The summed E-state index contributed by atoms with van der Waals surface area (Å²) in [5.74, 6) is -0.0867. The van der Waals surface area contributed by atoms with Gasteiger partial charge in [-0.2, -0.15) is 0 Å². The summed E-state index contributed by atoms with van der Waals surface area (Å²) in [7, 11) is 0. The Balaban J connectivity index is 1.39. The van der Waals surface area contributed by atoms with E-state index >= 15 is 0 Å². The Morgan fingerprint density at radius 3 is 2.58 bits per heavy atom. The van der Waals surface area contributed by atoms with E-state index in [1.54, 1.807) is 28.8 Å². The number of rotatable bonds is 6. The summed E-state index contributed by atoms with van der Waals surface area (Å²) in [6.45, 7) is 1.45. The second kappa shape index (κ2) is 7.08. The number of aromatic amines is 1. The highest BCUT2D eigenvalue weighted by molar-refractivity contribution is 7.99. The molecule has 0 unspecified atom stereocenters. The van der Waals surface area contributed by atoms with Crippen LogP contribution in [0.2, 0.25) is 0 Å². The van der Waals surface area contributed by atoms with E-state index in [0.29, 0.717) is 28.6 Å². The van der Waals surface area contributed by atoms with Crippen molar-refractivity contribution in [2.45, 2.75) is 30.6 Å². The SMILES string of the molecule is O=C1c2ccccc2C(=O)N1CCSc1n[nH]c(=O)n1C[C@H]1CCCO1. The monoisotopic (exact) mass is 374 g/mol. The lowest BCUT2D eigenvalue weighted by Crippen LogP contribution is -2.32. The Kier molecular flexibility index (Phi) is 4.64. The molecular weight excluding hydrogens is 356 g/mol. The zero-order valence-electron chi connectivity index (χ0n) is 14.0. The molecule has 26 heavy (non-hydrogen) atoms. The standard InChI is InChI=1S/C17H18N4O4S/c22-14-12-5-1-2-6-13(12)15(23)20(14)7-9-26-17-19-18-16(24)21(17)10-11-4-3-8-25-11/h1-2,5-6,11H,3-4,7-10H2,(H,18,24)/t11-/m1/s1. The lowest BCUT2D eigenvalue weighted by atomic mass is 10.1. The normalized spacial score (nSPS) is 19.4. The number of hydrogen-bond donors (Lipinski definition) is 1. The quantitative estimate of drug-likeness (QED) is 0.602. The van der Waals surface area contributed by atoms with E-state index in [1.165, 1.54) is 16.7 Å². The number of hydrogen-bond acceptors (Lipinski definition) is 6. The molecule has 4 rings (SSSR count). The van der Waals surface area contributed by atoms with E-state index in [1.807, 2.05) is 0 Å². The fourth-order valence-electron chi connectivity index (χ4n) is 3.24. The molecule has 1 fully saturated rings. The maximum atomic E-state index is 12.4. The minimum Gasteiger partial charge on any atom is -0.376 e. The average molecular weight is 374 g/mol. The van der Waals surface area contributed by atoms with Crippen molar-refractivity contribution in [2.24, 2.45) is 0 Å². The van der Waals surface area contributed by atoms with Gasteiger partial charge in [-0.05, 0) is 25.0 Å². The third-order valence-corrected chi connectivity index (χ3v) is 5.51. The van der Waals surface area contributed by atoms with Crippen LogP contribution in [0.1, 0.15) is 33.6 Å². The van der Waals surface area contributed by atoms with Gasteiger partial charge < -0.3 is 4.74 Å². The number of fused-ring (bicyclic) bond motifs is 1. The summed E-state index contributed by atoms with van der Waals surface area (Å²) in [5, 5.41) is 7.04. The molecule has 2 aliphatic rings. The van der Waals surface area contributed by atoms with Gasteiger partial charge in [-0.25, -0.2) is 9.89 Å². The van der Waals surface area contributed by atoms with E-state index in [2.05, 4.69) is 10.2 Å². The van der Waals surface area contributed by atoms with Crippen molar-refractivity contribution < 1.29 is 14.3 Å². The topological polar surface area (TPSA) is 97.3 Å². The Labute approximate surface area is 153 Å². The number of aromatic nitrogens is 3. The molecule has 2 aliphatic heterocycles. The maximum absolute atomic E-state index is 12.4.